The van der Waals surface area contributed by atoms with E-state index in [4.69, 9.17) is 21.1 Å². The SMILES string of the molecule is COC1CN(c2c(Cl)cccc2CO)CC1OC. The van der Waals surface area contributed by atoms with Crippen LogP contribution in [0.5, 0.6) is 0 Å². The molecule has 1 fully saturated rings. The summed E-state index contributed by atoms with van der Waals surface area (Å²) in [5.74, 6) is 0. The molecule has 18 heavy (non-hydrogen) atoms. The van der Waals surface area contributed by atoms with Gasteiger partial charge in [0.15, 0.2) is 0 Å². The fraction of sp³-hybridized carbons (Fsp3) is 0.538. The van der Waals surface area contributed by atoms with Crippen LogP contribution in [0.2, 0.25) is 5.02 Å². The molecular weight excluding hydrogens is 254 g/mol. The van der Waals surface area contributed by atoms with Gasteiger partial charge in [-0.15, -0.1) is 0 Å². The monoisotopic (exact) mass is 271 g/mol. The Morgan fingerprint density at radius 2 is 1.89 bits per heavy atom. The maximum Gasteiger partial charge on any atom is 0.102 e. The second kappa shape index (κ2) is 5.89. The summed E-state index contributed by atoms with van der Waals surface area (Å²) in [4.78, 5) is 2.11. The van der Waals surface area contributed by atoms with E-state index >= 15 is 0 Å². The quantitative estimate of drug-likeness (QED) is 0.905. The summed E-state index contributed by atoms with van der Waals surface area (Å²) in [7, 11) is 3.36. The minimum atomic E-state index is -0.0261. The number of aliphatic hydroxyl groups excluding tert-OH is 1. The van der Waals surface area contributed by atoms with Crippen molar-refractivity contribution in [2.45, 2.75) is 18.8 Å². The number of hydrogen-bond donors (Lipinski definition) is 1. The molecule has 0 bridgehead atoms. The number of para-hydroxylation sites is 1. The molecule has 1 aromatic rings. The van der Waals surface area contributed by atoms with Crippen molar-refractivity contribution >= 4 is 17.3 Å². The molecule has 1 N–H and O–H groups in total. The first-order valence-electron chi connectivity index (χ1n) is 5.90. The molecule has 0 saturated carbocycles. The number of hydrogen-bond acceptors (Lipinski definition) is 4. The number of rotatable bonds is 4. The van der Waals surface area contributed by atoms with E-state index in [0.29, 0.717) is 18.1 Å². The fourth-order valence-corrected chi connectivity index (χ4v) is 2.73. The third-order valence-electron chi connectivity index (χ3n) is 3.38. The Kier molecular flexibility index (Phi) is 4.45. The minimum absolute atomic E-state index is 0.0258. The van der Waals surface area contributed by atoms with Crippen LogP contribution in [0.25, 0.3) is 0 Å². The van der Waals surface area contributed by atoms with E-state index in [2.05, 4.69) is 4.90 Å². The van der Waals surface area contributed by atoms with E-state index in [1.54, 1.807) is 14.2 Å². The van der Waals surface area contributed by atoms with Crippen molar-refractivity contribution < 1.29 is 14.6 Å². The second-order valence-corrected chi connectivity index (χ2v) is 4.77. The van der Waals surface area contributed by atoms with Crippen LogP contribution in [0.15, 0.2) is 18.2 Å². The molecular formula is C13H18ClNO3. The number of anilines is 1. The van der Waals surface area contributed by atoms with Gasteiger partial charge >= 0.3 is 0 Å². The summed E-state index contributed by atoms with van der Waals surface area (Å²) in [6.45, 7) is 1.40. The maximum absolute atomic E-state index is 9.40. The molecule has 0 radical (unpaired) electrons. The molecule has 0 aromatic heterocycles. The fourth-order valence-electron chi connectivity index (χ4n) is 2.42. The van der Waals surface area contributed by atoms with Crippen LogP contribution in [-0.4, -0.2) is 44.6 Å². The van der Waals surface area contributed by atoms with Gasteiger partial charge in [-0.1, -0.05) is 23.7 Å². The van der Waals surface area contributed by atoms with Gasteiger partial charge in [0, 0.05) is 32.9 Å². The third-order valence-corrected chi connectivity index (χ3v) is 3.68. The lowest BCUT2D eigenvalue weighted by atomic mass is 10.1. The number of aliphatic hydroxyl groups is 1. The van der Waals surface area contributed by atoms with E-state index in [9.17, 15) is 5.11 Å². The average molecular weight is 272 g/mol. The number of methoxy groups -OCH3 is 2. The summed E-state index contributed by atoms with van der Waals surface area (Å²) in [5.41, 5.74) is 1.71. The highest BCUT2D eigenvalue weighted by Gasteiger charge is 2.34. The van der Waals surface area contributed by atoms with Gasteiger partial charge in [-0.05, 0) is 6.07 Å². The topological polar surface area (TPSA) is 41.9 Å². The van der Waals surface area contributed by atoms with Crippen molar-refractivity contribution in [1.82, 2.24) is 0 Å². The van der Waals surface area contributed by atoms with Crippen molar-refractivity contribution in [1.29, 1.82) is 0 Å². The first kappa shape index (κ1) is 13.6. The number of ether oxygens (including phenoxy) is 2. The zero-order valence-corrected chi connectivity index (χ0v) is 11.4. The van der Waals surface area contributed by atoms with Gasteiger partial charge in [0.25, 0.3) is 0 Å². The molecule has 1 aromatic carbocycles. The summed E-state index contributed by atoms with van der Waals surface area (Å²) in [6.07, 6.45) is 0.0515. The molecule has 1 aliphatic rings. The largest absolute Gasteiger partial charge is 0.392 e. The lowest BCUT2D eigenvalue weighted by molar-refractivity contribution is -0.00461. The molecule has 0 amide bonds. The number of halogens is 1. The molecule has 0 aliphatic carbocycles. The number of benzene rings is 1. The highest BCUT2D eigenvalue weighted by molar-refractivity contribution is 6.33. The van der Waals surface area contributed by atoms with Crippen LogP contribution < -0.4 is 4.90 Å². The molecule has 5 heteroatoms. The predicted molar refractivity (Wildman–Crippen MR) is 71.2 cm³/mol. The van der Waals surface area contributed by atoms with E-state index in [-0.39, 0.29) is 18.8 Å². The Bertz CT molecular complexity index is 401. The first-order valence-corrected chi connectivity index (χ1v) is 6.27. The summed E-state index contributed by atoms with van der Waals surface area (Å²) >= 11 is 6.24. The molecule has 2 rings (SSSR count). The molecule has 4 nitrogen and oxygen atoms in total. The summed E-state index contributed by atoms with van der Waals surface area (Å²) in [5, 5.41) is 10.0. The molecule has 2 atom stereocenters. The van der Waals surface area contributed by atoms with Crippen molar-refractivity contribution in [3.05, 3.63) is 28.8 Å². The zero-order valence-electron chi connectivity index (χ0n) is 10.6. The van der Waals surface area contributed by atoms with Crippen LogP contribution >= 0.6 is 11.6 Å². The van der Waals surface area contributed by atoms with Crippen molar-refractivity contribution in [3.63, 3.8) is 0 Å². The zero-order chi connectivity index (χ0) is 13.1. The van der Waals surface area contributed by atoms with Gasteiger partial charge in [-0.25, -0.2) is 0 Å². The Morgan fingerprint density at radius 3 is 2.39 bits per heavy atom. The Labute approximate surface area is 112 Å². The van der Waals surface area contributed by atoms with Crippen LogP contribution in [0.3, 0.4) is 0 Å². The average Bonchev–Trinajstić information content (AvgIpc) is 2.81. The Morgan fingerprint density at radius 1 is 1.28 bits per heavy atom. The Hall–Kier alpha value is -0.810. The van der Waals surface area contributed by atoms with Gasteiger partial charge in [0.2, 0.25) is 0 Å². The standard InChI is InChI=1S/C13H18ClNO3/c1-17-11-6-15(7-12(11)18-2)13-9(8-16)4-3-5-10(13)14/h3-5,11-12,16H,6-8H2,1-2H3. The van der Waals surface area contributed by atoms with Gasteiger partial charge < -0.3 is 19.5 Å². The van der Waals surface area contributed by atoms with Crippen LogP contribution in [0, 0.1) is 0 Å². The maximum atomic E-state index is 9.40. The second-order valence-electron chi connectivity index (χ2n) is 4.36. The summed E-state index contributed by atoms with van der Waals surface area (Å²) < 4.78 is 10.8. The summed E-state index contributed by atoms with van der Waals surface area (Å²) in [6, 6.07) is 5.55. The lowest BCUT2D eigenvalue weighted by Crippen LogP contribution is -2.27. The first-order chi connectivity index (χ1) is 8.71. The highest BCUT2D eigenvalue weighted by atomic mass is 35.5. The molecule has 100 valence electrons. The van der Waals surface area contributed by atoms with Crippen molar-refractivity contribution in [2.24, 2.45) is 0 Å². The minimum Gasteiger partial charge on any atom is -0.392 e. The van der Waals surface area contributed by atoms with Crippen molar-refractivity contribution in [2.75, 3.05) is 32.2 Å². The highest BCUT2D eigenvalue weighted by Crippen LogP contribution is 2.33. The van der Waals surface area contributed by atoms with Gasteiger partial charge in [0.1, 0.15) is 12.2 Å². The van der Waals surface area contributed by atoms with E-state index in [0.717, 1.165) is 11.3 Å². The van der Waals surface area contributed by atoms with E-state index < -0.39 is 0 Å². The Balaban J connectivity index is 2.28. The van der Waals surface area contributed by atoms with Gasteiger partial charge in [-0.3, -0.25) is 0 Å². The molecule has 1 saturated heterocycles. The van der Waals surface area contributed by atoms with Gasteiger partial charge in [-0.2, -0.15) is 0 Å². The third kappa shape index (κ3) is 2.47. The molecule has 1 heterocycles. The van der Waals surface area contributed by atoms with Crippen LogP contribution in [0.4, 0.5) is 5.69 Å². The van der Waals surface area contributed by atoms with Crippen LogP contribution in [0.1, 0.15) is 5.56 Å². The van der Waals surface area contributed by atoms with E-state index in [1.165, 1.54) is 0 Å². The van der Waals surface area contributed by atoms with Crippen LogP contribution in [-0.2, 0) is 16.1 Å². The van der Waals surface area contributed by atoms with Crippen molar-refractivity contribution in [3.8, 4) is 0 Å². The predicted octanol–water partition coefficient (Wildman–Crippen LogP) is 1.68. The smallest absolute Gasteiger partial charge is 0.102 e. The number of nitrogens with zero attached hydrogens (tertiary/aromatic N) is 1. The molecule has 1 aliphatic heterocycles. The lowest BCUT2D eigenvalue weighted by Gasteiger charge is -2.22. The normalized spacial score (nSPS) is 23.7. The molecule has 2 unspecified atom stereocenters. The van der Waals surface area contributed by atoms with E-state index in [1.807, 2.05) is 18.2 Å². The molecule has 0 spiro atoms. The van der Waals surface area contributed by atoms with Gasteiger partial charge in [0.05, 0.1) is 17.3 Å².